The molecule has 7 heteroatoms. The van der Waals surface area contributed by atoms with Crippen molar-refractivity contribution in [3.05, 3.63) is 12.2 Å². The topological polar surface area (TPSA) is 101 Å². The Balaban J connectivity index is 0. The maximum absolute atomic E-state index is 10.2. The van der Waals surface area contributed by atoms with Gasteiger partial charge in [0.05, 0.1) is 7.11 Å². The molecular formula is C5H10O6S. The van der Waals surface area contributed by atoms with Gasteiger partial charge < -0.3 is 4.74 Å². The van der Waals surface area contributed by atoms with Gasteiger partial charge in [0, 0.05) is 5.57 Å². The van der Waals surface area contributed by atoms with E-state index < -0.39 is 10.4 Å². The van der Waals surface area contributed by atoms with Gasteiger partial charge >= 0.3 is 16.4 Å². The van der Waals surface area contributed by atoms with Crippen LogP contribution in [0.2, 0.25) is 0 Å². The second-order valence-electron chi connectivity index (χ2n) is 1.72. The van der Waals surface area contributed by atoms with Crippen LogP contribution in [0.4, 0.5) is 0 Å². The molecule has 0 aliphatic heterocycles. The smallest absolute Gasteiger partial charge is 0.394 e. The third-order valence-corrected chi connectivity index (χ3v) is 0.534. The number of methoxy groups -OCH3 is 1. The molecule has 0 atom stereocenters. The number of rotatable bonds is 1. The Morgan fingerprint density at radius 3 is 1.67 bits per heavy atom. The Bertz CT molecular complexity index is 243. The summed E-state index contributed by atoms with van der Waals surface area (Å²) in [6.07, 6.45) is 0. The molecule has 12 heavy (non-hydrogen) atoms. The van der Waals surface area contributed by atoms with Gasteiger partial charge in [0.15, 0.2) is 0 Å². The van der Waals surface area contributed by atoms with Crippen LogP contribution in [0.25, 0.3) is 0 Å². The van der Waals surface area contributed by atoms with Crippen LogP contribution in [0, 0.1) is 0 Å². The summed E-state index contributed by atoms with van der Waals surface area (Å²) < 4.78 is 35.9. The van der Waals surface area contributed by atoms with Gasteiger partial charge in [-0.25, -0.2) is 4.79 Å². The molecule has 0 saturated heterocycles. The predicted octanol–water partition coefficient (Wildman–Crippen LogP) is 0.0827. The maximum atomic E-state index is 10.2. The van der Waals surface area contributed by atoms with Crippen LogP contribution in [-0.4, -0.2) is 30.6 Å². The lowest BCUT2D eigenvalue weighted by molar-refractivity contribution is -0.136. The lowest BCUT2D eigenvalue weighted by Crippen LogP contribution is -1.98. The molecule has 0 unspecified atom stereocenters. The zero-order chi connectivity index (χ0) is 10.4. The van der Waals surface area contributed by atoms with Gasteiger partial charge in [0.1, 0.15) is 0 Å². The van der Waals surface area contributed by atoms with Crippen molar-refractivity contribution in [1.29, 1.82) is 0 Å². The zero-order valence-electron chi connectivity index (χ0n) is 6.64. The van der Waals surface area contributed by atoms with E-state index in [4.69, 9.17) is 17.5 Å². The SMILES string of the molecule is C=C(C)C(=O)OC.O=S(=O)(O)O. The molecule has 0 heterocycles. The minimum absolute atomic E-state index is 0.347. The molecular weight excluding hydrogens is 188 g/mol. The molecule has 0 aromatic carbocycles. The van der Waals surface area contributed by atoms with Gasteiger partial charge in [-0.15, -0.1) is 0 Å². The van der Waals surface area contributed by atoms with E-state index in [1.165, 1.54) is 7.11 Å². The third kappa shape index (κ3) is 23.0. The molecule has 2 N–H and O–H groups in total. The van der Waals surface area contributed by atoms with Gasteiger partial charge in [0.25, 0.3) is 0 Å². The molecule has 6 nitrogen and oxygen atoms in total. The first-order valence-corrected chi connectivity index (χ1v) is 4.02. The molecule has 0 radical (unpaired) electrons. The largest absolute Gasteiger partial charge is 0.466 e. The summed E-state index contributed by atoms with van der Waals surface area (Å²) in [4.78, 5) is 10.2. The standard InChI is InChI=1S/C5H8O2.H2O4S/c1-4(2)5(6)7-3;1-5(2,3)4/h1H2,2-3H3;(H2,1,2,3,4). The van der Waals surface area contributed by atoms with Crippen molar-refractivity contribution in [2.75, 3.05) is 7.11 Å². The van der Waals surface area contributed by atoms with Crippen molar-refractivity contribution in [2.45, 2.75) is 6.92 Å². The molecule has 0 bridgehead atoms. The molecule has 0 aromatic heterocycles. The summed E-state index contributed by atoms with van der Waals surface area (Å²) in [6, 6.07) is 0. The van der Waals surface area contributed by atoms with E-state index >= 15 is 0 Å². The van der Waals surface area contributed by atoms with Crippen LogP contribution in [0.5, 0.6) is 0 Å². The first-order valence-electron chi connectivity index (χ1n) is 2.62. The third-order valence-electron chi connectivity index (χ3n) is 0.534. The summed E-state index contributed by atoms with van der Waals surface area (Å²) >= 11 is 0. The van der Waals surface area contributed by atoms with Crippen LogP contribution < -0.4 is 0 Å². The Hall–Kier alpha value is -0.920. The van der Waals surface area contributed by atoms with Crippen LogP contribution in [0.15, 0.2) is 12.2 Å². The van der Waals surface area contributed by atoms with Gasteiger partial charge in [-0.2, -0.15) is 8.42 Å². The van der Waals surface area contributed by atoms with Crippen molar-refractivity contribution in [3.8, 4) is 0 Å². The number of hydrogen-bond acceptors (Lipinski definition) is 4. The van der Waals surface area contributed by atoms with Crippen molar-refractivity contribution in [2.24, 2.45) is 0 Å². The first kappa shape index (κ1) is 13.7. The van der Waals surface area contributed by atoms with Crippen molar-refractivity contribution < 1.29 is 27.1 Å². The second-order valence-corrected chi connectivity index (χ2v) is 2.62. The van der Waals surface area contributed by atoms with Crippen molar-refractivity contribution in [1.82, 2.24) is 0 Å². The molecule has 72 valence electrons. The average molecular weight is 198 g/mol. The number of esters is 1. The van der Waals surface area contributed by atoms with Crippen LogP contribution in [-0.2, 0) is 19.9 Å². The number of ether oxygens (including phenoxy) is 1. The Morgan fingerprint density at radius 1 is 1.42 bits per heavy atom. The fraction of sp³-hybridized carbons (Fsp3) is 0.400. The van der Waals surface area contributed by atoms with Gasteiger partial charge in [-0.05, 0) is 6.92 Å². The summed E-state index contributed by atoms with van der Waals surface area (Å²) in [5.74, 6) is -0.347. The normalized spacial score (nSPS) is 9.33. The van der Waals surface area contributed by atoms with E-state index in [2.05, 4.69) is 11.3 Å². The summed E-state index contributed by atoms with van der Waals surface area (Å²) in [5.41, 5.74) is 0.433. The summed E-state index contributed by atoms with van der Waals surface area (Å²) in [5, 5.41) is 0. The minimum Gasteiger partial charge on any atom is -0.466 e. The monoisotopic (exact) mass is 198 g/mol. The van der Waals surface area contributed by atoms with E-state index in [-0.39, 0.29) is 5.97 Å². The Kier molecular flexibility index (Phi) is 6.48. The van der Waals surface area contributed by atoms with Gasteiger partial charge in [0.2, 0.25) is 0 Å². The fourth-order valence-electron chi connectivity index (χ4n) is 0.174. The number of hydrogen-bond donors (Lipinski definition) is 2. The van der Waals surface area contributed by atoms with Crippen LogP contribution in [0.3, 0.4) is 0 Å². The minimum atomic E-state index is -4.67. The zero-order valence-corrected chi connectivity index (χ0v) is 7.46. The van der Waals surface area contributed by atoms with E-state index in [1.807, 2.05) is 0 Å². The molecule has 0 amide bonds. The molecule has 0 spiro atoms. The molecule has 0 fully saturated rings. The van der Waals surface area contributed by atoms with E-state index in [9.17, 15) is 4.79 Å². The van der Waals surface area contributed by atoms with E-state index in [0.717, 1.165) is 0 Å². The molecule has 0 aromatic rings. The molecule has 0 saturated carbocycles. The van der Waals surface area contributed by atoms with Crippen molar-refractivity contribution >= 4 is 16.4 Å². The number of carbonyl (C=O) groups is 1. The van der Waals surface area contributed by atoms with Gasteiger partial charge in [-0.3, -0.25) is 9.11 Å². The average Bonchev–Trinajstić information content (AvgIpc) is 1.82. The van der Waals surface area contributed by atoms with E-state index in [1.54, 1.807) is 6.92 Å². The predicted molar refractivity (Wildman–Crippen MR) is 41.0 cm³/mol. The molecule has 0 aliphatic carbocycles. The summed E-state index contributed by atoms with van der Waals surface area (Å²) in [6.45, 7) is 4.95. The maximum Gasteiger partial charge on any atom is 0.394 e. The van der Waals surface area contributed by atoms with Crippen LogP contribution >= 0.6 is 0 Å². The fourth-order valence-corrected chi connectivity index (χ4v) is 0.174. The highest BCUT2D eigenvalue weighted by Gasteiger charge is 1.95. The lowest BCUT2D eigenvalue weighted by atomic mass is 10.4. The quantitative estimate of drug-likeness (QED) is 0.351. The lowest BCUT2D eigenvalue weighted by Gasteiger charge is -1.91. The second kappa shape index (κ2) is 5.70. The Labute approximate surface area is 70.4 Å². The van der Waals surface area contributed by atoms with Crippen LogP contribution in [0.1, 0.15) is 6.92 Å². The summed E-state index contributed by atoms with van der Waals surface area (Å²) in [7, 11) is -3.34. The highest BCUT2D eigenvalue weighted by Crippen LogP contribution is 1.87. The van der Waals surface area contributed by atoms with Gasteiger partial charge in [-0.1, -0.05) is 6.58 Å². The van der Waals surface area contributed by atoms with Crippen molar-refractivity contribution in [3.63, 3.8) is 0 Å². The Morgan fingerprint density at radius 2 is 1.67 bits per heavy atom. The first-order chi connectivity index (χ1) is 5.18. The number of carbonyl (C=O) groups excluding carboxylic acids is 1. The molecule has 0 aliphatic rings. The van der Waals surface area contributed by atoms with E-state index in [0.29, 0.717) is 5.57 Å². The highest BCUT2D eigenvalue weighted by molar-refractivity contribution is 7.79. The molecule has 0 rings (SSSR count). The highest BCUT2D eigenvalue weighted by atomic mass is 32.3.